The van der Waals surface area contributed by atoms with E-state index in [4.69, 9.17) is 0 Å². The minimum atomic E-state index is 0.354. The number of anilines is 1. The van der Waals surface area contributed by atoms with Crippen LogP contribution in [0.4, 0.5) is 5.69 Å². The summed E-state index contributed by atoms with van der Waals surface area (Å²) in [7, 11) is 0. The molecule has 2 fully saturated rings. The number of amides is 1. The molecule has 0 spiro atoms. The summed E-state index contributed by atoms with van der Waals surface area (Å²) in [5.41, 5.74) is 3.96. The Hall–Kier alpha value is -1.51. The van der Waals surface area contributed by atoms with E-state index in [9.17, 15) is 4.79 Å². The van der Waals surface area contributed by atoms with Gasteiger partial charge in [0.05, 0.1) is 0 Å². The quantitative estimate of drug-likeness (QED) is 0.813. The molecule has 0 radical (unpaired) electrons. The summed E-state index contributed by atoms with van der Waals surface area (Å²) in [5, 5.41) is 0. The number of piperazine rings is 1. The van der Waals surface area contributed by atoms with E-state index in [2.05, 4.69) is 41.8 Å². The second-order valence-electron chi connectivity index (χ2n) is 5.88. The van der Waals surface area contributed by atoms with Gasteiger partial charge in [0.15, 0.2) is 0 Å². The predicted octanol–water partition coefficient (Wildman–Crippen LogP) is 2.36. The molecule has 1 aromatic rings. The maximum absolute atomic E-state index is 12.0. The molecule has 1 saturated carbocycles. The van der Waals surface area contributed by atoms with Gasteiger partial charge in [0, 0.05) is 37.8 Å². The number of benzene rings is 1. The van der Waals surface area contributed by atoms with Crippen LogP contribution >= 0.6 is 0 Å². The predicted molar refractivity (Wildman–Crippen MR) is 77.4 cm³/mol. The smallest absolute Gasteiger partial charge is 0.225 e. The van der Waals surface area contributed by atoms with Gasteiger partial charge in [0.25, 0.3) is 0 Å². The van der Waals surface area contributed by atoms with Crippen molar-refractivity contribution in [2.45, 2.75) is 26.7 Å². The number of aryl methyl sites for hydroxylation is 2. The molecular weight excluding hydrogens is 236 g/mol. The summed E-state index contributed by atoms with van der Waals surface area (Å²) in [6.45, 7) is 7.98. The number of rotatable bonds is 2. The van der Waals surface area contributed by atoms with Gasteiger partial charge in [-0.15, -0.1) is 0 Å². The van der Waals surface area contributed by atoms with E-state index >= 15 is 0 Å². The minimum absolute atomic E-state index is 0.354. The molecule has 1 aromatic carbocycles. The second kappa shape index (κ2) is 4.87. The van der Waals surface area contributed by atoms with E-state index in [1.807, 2.05) is 0 Å². The first kappa shape index (κ1) is 12.5. The lowest BCUT2D eigenvalue weighted by molar-refractivity contribution is -0.132. The van der Waals surface area contributed by atoms with Crippen molar-refractivity contribution in [3.05, 3.63) is 29.3 Å². The van der Waals surface area contributed by atoms with Gasteiger partial charge in [0.1, 0.15) is 0 Å². The summed E-state index contributed by atoms with van der Waals surface area (Å²) >= 11 is 0. The molecule has 1 heterocycles. The van der Waals surface area contributed by atoms with Gasteiger partial charge in [-0.3, -0.25) is 4.79 Å². The molecule has 19 heavy (non-hydrogen) atoms. The number of hydrogen-bond donors (Lipinski definition) is 0. The highest BCUT2D eigenvalue weighted by atomic mass is 16.2. The molecule has 3 heteroatoms. The molecule has 2 aliphatic rings. The van der Waals surface area contributed by atoms with Gasteiger partial charge in [-0.1, -0.05) is 12.1 Å². The number of hydrogen-bond acceptors (Lipinski definition) is 2. The SMILES string of the molecule is Cc1ccc(C)c(N2CCN(C(=O)C3CC3)CC2)c1. The highest BCUT2D eigenvalue weighted by Crippen LogP contribution is 2.31. The molecule has 1 saturated heterocycles. The molecular formula is C16H22N2O. The van der Waals surface area contributed by atoms with Gasteiger partial charge in [0.2, 0.25) is 5.91 Å². The largest absolute Gasteiger partial charge is 0.368 e. The van der Waals surface area contributed by atoms with Gasteiger partial charge in [-0.25, -0.2) is 0 Å². The Balaban J connectivity index is 1.66. The van der Waals surface area contributed by atoms with Crippen molar-refractivity contribution in [2.24, 2.45) is 5.92 Å². The summed E-state index contributed by atoms with van der Waals surface area (Å²) in [5.74, 6) is 0.743. The molecule has 0 unspecified atom stereocenters. The maximum atomic E-state index is 12.0. The summed E-state index contributed by atoms with van der Waals surface area (Å²) in [6, 6.07) is 6.60. The first-order valence-electron chi connectivity index (χ1n) is 7.26. The van der Waals surface area contributed by atoms with Gasteiger partial charge in [-0.05, 0) is 43.9 Å². The van der Waals surface area contributed by atoms with Crippen LogP contribution in [0.15, 0.2) is 18.2 Å². The molecule has 1 aliphatic carbocycles. The Bertz CT molecular complexity index is 486. The van der Waals surface area contributed by atoms with E-state index in [-0.39, 0.29) is 0 Å². The van der Waals surface area contributed by atoms with Crippen LogP contribution in [0, 0.1) is 19.8 Å². The van der Waals surface area contributed by atoms with Gasteiger partial charge >= 0.3 is 0 Å². The normalized spacial score (nSPS) is 19.7. The lowest BCUT2D eigenvalue weighted by atomic mass is 10.1. The van der Waals surface area contributed by atoms with E-state index < -0.39 is 0 Å². The summed E-state index contributed by atoms with van der Waals surface area (Å²) in [4.78, 5) is 16.5. The van der Waals surface area contributed by atoms with E-state index in [0.29, 0.717) is 11.8 Å². The van der Waals surface area contributed by atoms with Crippen LogP contribution in [0.5, 0.6) is 0 Å². The Morgan fingerprint density at radius 1 is 1.11 bits per heavy atom. The Labute approximate surface area is 115 Å². The lowest BCUT2D eigenvalue weighted by Gasteiger charge is -2.37. The molecule has 1 aliphatic heterocycles. The third-order valence-electron chi connectivity index (χ3n) is 4.22. The van der Waals surface area contributed by atoms with Crippen LogP contribution < -0.4 is 4.90 Å². The topological polar surface area (TPSA) is 23.6 Å². The highest BCUT2D eigenvalue weighted by Gasteiger charge is 2.34. The summed E-state index contributed by atoms with van der Waals surface area (Å²) in [6.07, 6.45) is 2.21. The molecule has 1 amide bonds. The van der Waals surface area contributed by atoms with Crippen molar-refractivity contribution in [2.75, 3.05) is 31.1 Å². The van der Waals surface area contributed by atoms with Crippen LogP contribution in [0.2, 0.25) is 0 Å². The highest BCUT2D eigenvalue weighted by molar-refractivity contribution is 5.81. The lowest BCUT2D eigenvalue weighted by Crippen LogP contribution is -2.49. The Kier molecular flexibility index (Phi) is 3.21. The zero-order valence-electron chi connectivity index (χ0n) is 11.9. The first-order chi connectivity index (χ1) is 9.15. The molecule has 0 atom stereocenters. The fourth-order valence-corrected chi connectivity index (χ4v) is 2.82. The fraction of sp³-hybridized carbons (Fsp3) is 0.562. The van der Waals surface area contributed by atoms with Crippen LogP contribution in [0.3, 0.4) is 0 Å². The molecule has 0 aromatic heterocycles. The van der Waals surface area contributed by atoms with Crippen LogP contribution in [-0.2, 0) is 4.79 Å². The van der Waals surface area contributed by atoms with Crippen molar-refractivity contribution in [3.63, 3.8) is 0 Å². The second-order valence-corrected chi connectivity index (χ2v) is 5.88. The monoisotopic (exact) mass is 258 g/mol. The van der Waals surface area contributed by atoms with Crippen molar-refractivity contribution < 1.29 is 4.79 Å². The van der Waals surface area contributed by atoms with Crippen molar-refractivity contribution in [1.29, 1.82) is 0 Å². The Morgan fingerprint density at radius 2 is 1.79 bits per heavy atom. The van der Waals surface area contributed by atoms with Crippen LogP contribution in [0.25, 0.3) is 0 Å². The standard InChI is InChI=1S/C16H22N2O/c1-12-3-4-13(2)15(11-12)17-7-9-18(10-8-17)16(19)14-5-6-14/h3-4,11,14H,5-10H2,1-2H3. The van der Waals surface area contributed by atoms with E-state index in [1.165, 1.54) is 16.8 Å². The maximum Gasteiger partial charge on any atom is 0.225 e. The molecule has 0 bridgehead atoms. The van der Waals surface area contributed by atoms with Crippen LogP contribution in [0.1, 0.15) is 24.0 Å². The number of carbonyl (C=O) groups excluding carboxylic acids is 1. The van der Waals surface area contributed by atoms with Crippen LogP contribution in [-0.4, -0.2) is 37.0 Å². The zero-order chi connectivity index (χ0) is 13.4. The first-order valence-corrected chi connectivity index (χ1v) is 7.26. The third-order valence-corrected chi connectivity index (χ3v) is 4.22. The summed E-state index contributed by atoms with van der Waals surface area (Å²) < 4.78 is 0. The van der Waals surface area contributed by atoms with Crippen molar-refractivity contribution in [3.8, 4) is 0 Å². The Morgan fingerprint density at radius 3 is 2.42 bits per heavy atom. The van der Waals surface area contributed by atoms with E-state index in [1.54, 1.807) is 0 Å². The van der Waals surface area contributed by atoms with E-state index in [0.717, 1.165) is 39.0 Å². The number of carbonyl (C=O) groups is 1. The average molecular weight is 258 g/mol. The molecule has 102 valence electrons. The minimum Gasteiger partial charge on any atom is -0.368 e. The van der Waals surface area contributed by atoms with Crippen molar-refractivity contribution >= 4 is 11.6 Å². The number of nitrogens with zero attached hydrogens (tertiary/aromatic N) is 2. The van der Waals surface area contributed by atoms with Gasteiger partial charge < -0.3 is 9.80 Å². The molecule has 3 nitrogen and oxygen atoms in total. The molecule has 3 rings (SSSR count). The van der Waals surface area contributed by atoms with Gasteiger partial charge in [-0.2, -0.15) is 0 Å². The molecule has 0 N–H and O–H groups in total. The fourth-order valence-electron chi connectivity index (χ4n) is 2.82. The average Bonchev–Trinajstić information content (AvgIpc) is 3.25. The zero-order valence-corrected chi connectivity index (χ0v) is 11.9. The van der Waals surface area contributed by atoms with Crippen molar-refractivity contribution in [1.82, 2.24) is 4.90 Å². The third kappa shape index (κ3) is 2.60.